The number of aliphatic hydroxyl groups excluding tert-OH is 1. The first-order chi connectivity index (χ1) is 9.84. The van der Waals surface area contributed by atoms with Gasteiger partial charge in [-0.1, -0.05) is 19.9 Å². The van der Waals surface area contributed by atoms with Gasteiger partial charge in [0, 0.05) is 11.6 Å². The molecule has 0 amide bonds. The topological polar surface area (TPSA) is 41.5 Å². The largest absolute Gasteiger partial charge is 0.494 e. The summed E-state index contributed by atoms with van der Waals surface area (Å²) in [6.07, 6.45) is 3.00. The van der Waals surface area contributed by atoms with Gasteiger partial charge in [-0.05, 0) is 63.3 Å². The summed E-state index contributed by atoms with van der Waals surface area (Å²) in [4.78, 5) is 0. The number of ether oxygens (including phenoxy) is 1. The predicted molar refractivity (Wildman–Crippen MR) is 89.0 cm³/mol. The normalized spacial score (nSPS) is 14.2. The molecule has 3 nitrogen and oxygen atoms in total. The molecule has 0 aromatic heterocycles. The number of benzene rings is 1. The van der Waals surface area contributed by atoms with Crippen LogP contribution < -0.4 is 10.1 Å². The van der Waals surface area contributed by atoms with E-state index in [4.69, 9.17) is 4.74 Å². The van der Waals surface area contributed by atoms with Crippen LogP contribution in [0.5, 0.6) is 5.75 Å². The summed E-state index contributed by atoms with van der Waals surface area (Å²) in [5.74, 6) is 0.956. The maximum atomic E-state index is 9.54. The molecule has 0 aliphatic heterocycles. The highest BCUT2D eigenvalue weighted by atomic mass is 16.5. The van der Waals surface area contributed by atoms with Crippen molar-refractivity contribution in [1.29, 1.82) is 0 Å². The first-order valence-corrected chi connectivity index (χ1v) is 7.94. The van der Waals surface area contributed by atoms with E-state index in [0.717, 1.165) is 31.6 Å². The summed E-state index contributed by atoms with van der Waals surface area (Å²) in [5.41, 5.74) is 2.28. The van der Waals surface area contributed by atoms with Crippen molar-refractivity contribution < 1.29 is 9.84 Å². The summed E-state index contributed by atoms with van der Waals surface area (Å²) >= 11 is 0. The third-order valence-electron chi connectivity index (χ3n) is 3.57. The molecule has 2 N–H and O–H groups in total. The second-order valence-corrected chi connectivity index (χ2v) is 6.65. The fraction of sp³-hybridized carbons (Fsp3) is 0.667. The zero-order valence-electron chi connectivity index (χ0n) is 14.2. The highest BCUT2D eigenvalue weighted by molar-refractivity contribution is 5.32. The lowest BCUT2D eigenvalue weighted by Gasteiger charge is -2.31. The highest BCUT2D eigenvalue weighted by Gasteiger charge is 2.22. The van der Waals surface area contributed by atoms with E-state index in [1.165, 1.54) is 11.1 Å². The molecule has 0 heterocycles. The van der Waals surface area contributed by atoms with Gasteiger partial charge in [-0.3, -0.25) is 0 Å². The zero-order valence-corrected chi connectivity index (χ0v) is 14.2. The standard InChI is InChI=1S/C18H31NO2/c1-14(2)19-18(5,13-20)8-6-7-9-21-17-11-15(3)10-16(4)12-17/h10-12,14,19-20H,6-9,13H2,1-5H3. The monoisotopic (exact) mass is 293 g/mol. The smallest absolute Gasteiger partial charge is 0.119 e. The summed E-state index contributed by atoms with van der Waals surface area (Å²) in [5, 5.41) is 13.0. The van der Waals surface area contributed by atoms with E-state index in [2.05, 4.69) is 58.1 Å². The molecule has 0 aliphatic carbocycles. The Morgan fingerprint density at radius 3 is 2.29 bits per heavy atom. The van der Waals surface area contributed by atoms with Crippen molar-refractivity contribution in [2.24, 2.45) is 0 Å². The fourth-order valence-corrected chi connectivity index (χ4v) is 2.72. The van der Waals surface area contributed by atoms with Gasteiger partial charge in [0.1, 0.15) is 5.75 Å². The fourth-order valence-electron chi connectivity index (χ4n) is 2.72. The van der Waals surface area contributed by atoms with Crippen molar-refractivity contribution in [3.63, 3.8) is 0 Å². The minimum absolute atomic E-state index is 0.170. The Hall–Kier alpha value is -1.06. The molecular weight excluding hydrogens is 262 g/mol. The number of hydrogen-bond donors (Lipinski definition) is 2. The van der Waals surface area contributed by atoms with Crippen molar-refractivity contribution >= 4 is 0 Å². The molecular formula is C18H31NO2. The average Bonchev–Trinajstić information content (AvgIpc) is 2.36. The molecule has 1 unspecified atom stereocenters. The molecule has 1 rings (SSSR count). The summed E-state index contributed by atoms with van der Waals surface area (Å²) in [7, 11) is 0. The van der Waals surface area contributed by atoms with Crippen LogP contribution in [-0.2, 0) is 0 Å². The van der Waals surface area contributed by atoms with Crippen molar-refractivity contribution in [2.45, 2.75) is 65.5 Å². The van der Waals surface area contributed by atoms with Gasteiger partial charge in [0.05, 0.1) is 13.2 Å². The van der Waals surface area contributed by atoms with Crippen LogP contribution in [0.25, 0.3) is 0 Å². The molecule has 0 aliphatic rings. The Balaban J connectivity index is 2.30. The van der Waals surface area contributed by atoms with E-state index >= 15 is 0 Å². The number of aliphatic hydroxyl groups is 1. The van der Waals surface area contributed by atoms with E-state index in [1.54, 1.807) is 0 Å². The van der Waals surface area contributed by atoms with E-state index in [0.29, 0.717) is 6.04 Å². The second-order valence-electron chi connectivity index (χ2n) is 6.65. The molecule has 3 heteroatoms. The van der Waals surface area contributed by atoms with E-state index in [1.807, 2.05) is 0 Å². The third-order valence-corrected chi connectivity index (χ3v) is 3.57. The number of hydrogen-bond acceptors (Lipinski definition) is 3. The Bertz CT molecular complexity index is 411. The Morgan fingerprint density at radius 2 is 1.76 bits per heavy atom. The van der Waals surface area contributed by atoms with Gasteiger partial charge in [0.25, 0.3) is 0 Å². The van der Waals surface area contributed by atoms with Crippen LogP contribution in [0.15, 0.2) is 18.2 Å². The van der Waals surface area contributed by atoms with Crippen molar-refractivity contribution in [1.82, 2.24) is 5.32 Å². The molecule has 0 spiro atoms. The maximum absolute atomic E-state index is 9.54. The Morgan fingerprint density at radius 1 is 1.14 bits per heavy atom. The number of aryl methyl sites for hydroxylation is 2. The first kappa shape index (κ1) is 18.0. The van der Waals surface area contributed by atoms with Crippen LogP contribution in [0, 0.1) is 13.8 Å². The second kappa shape index (κ2) is 8.40. The molecule has 0 saturated heterocycles. The summed E-state index contributed by atoms with van der Waals surface area (Å²) < 4.78 is 5.81. The van der Waals surface area contributed by atoms with Crippen LogP contribution in [-0.4, -0.2) is 29.9 Å². The SMILES string of the molecule is Cc1cc(C)cc(OCCCCC(C)(CO)NC(C)C)c1. The van der Waals surface area contributed by atoms with E-state index in [-0.39, 0.29) is 12.1 Å². The summed E-state index contributed by atoms with van der Waals surface area (Å²) in [6.45, 7) is 11.4. The predicted octanol–water partition coefficient (Wildman–Crippen LogP) is 3.60. The van der Waals surface area contributed by atoms with Gasteiger partial charge < -0.3 is 15.2 Å². The van der Waals surface area contributed by atoms with Crippen molar-refractivity contribution in [3.05, 3.63) is 29.3 Å². The number of nitrogens with one attached hydrogen (secondary N) is 1. The molecule has 1 atom stereocenters. The lowest BCUT2D eigenvalue weighted by atomic mass is 9.95. The number of unbranched alkanes of at least 4 members (excludes halogenated alkanes) is 1. The maximum Gasteiger partial charge on any atom is 0.119 e. The van der Waals surface area contributed by atoms with Gasteiger partial charge in [-0.2, -0.15) is 0 Å². The van der Waals surface area contributed by atoms with Gasteiger partial charge in [-0.15, -0.1) is 0 Å². The van der Waals surface area contributed by atoms with Gasteiger partial charge >= 0.3 is 0 Å². The quantitative estimate of drug-likeness (QED) is 0.684. The van der Waals surface area contributed by atoms with Gasteiger partial charge in [0.15, 0.2) is 0 Å². The van der Waals surface area contributed by atoms with Crippen LogP contribution in [0.3, 0.4) is 0 Å². The minimum Gasteiger partial charge on any atom is -0.494 e. The molecule has 1 aromatic rings. The van der Waals surface area contributed by atoms with Crippen LogP contribution in [0.4, 0.5) is 0 Å². The summed E-state index contributed by atoms with van der Waals surface area (Å²) in [6, 6.07) is 6.68. The minimum atomic E-state index is -0.186. The van der Waals surface area contributed by atoms with Crippen LogP contribution >= 0.6 is 0 Å². The first-order valence-electron chi connectivity index (χ1n) is 7.94. The molecule has 0 radical (unpaired) electrons. The van der Waals surface area contributed by atoms with Crippen molar-refractivity contribution in [3.8, 4) is 5.75 Å². The Labute approximate surface area is 129 Å². The lowest BCUT2D eigenvalue weighted by Crippen LogP contribution is -2.49. The van der Waals surface area contributed by atoms with Gasteiger partial charge in [0.2, 0.25) is 0 Å². The van der Waals surface area contributed by atoms with Crippen LogP contribution in [0.2, 0.25) is 0 Å². The van der Waals surface area contributed by atoms with Crippen LogP contribution in [0.1, 0.15) is 51.2 Å². The molecule has 0 bridgehead atoms. The average molecular weight is 293 g/mol. The molecule has 1 aromatic carbocycles. The van der Waals surface area contributed by atoms with Crippen molar-refractivity contribution in [2.75, 3.05) is 13.2 Å². The lowest BCUT2D eigenvalue weighted by molar-refractivity contribution is 0.152. The van der Waals surface area contributed by atoms with E-state index < -0.39 is 0 Å². The Kier molecular flexibility index (Phi) is 7.20. The zero-order chi connectivity index (χ0) is 15.9. The number of rotatable bonds is 9. The molecule has 21 heavy (non-hydrogen) atoms. The third kappa shape index (κ3) is 6.96. The highest BCUT2D eigenvalue weighted by Crippen LogP contribution is 2.18. The van der Waals surface area contributed by atoms with E-state index in [9.17, 15) is 5.11 Å². The van der Waals surface area contributed by atoms with Gasteiger partial charge in [-0.25, -0.2) is 0 Å². The molecule has 120 valence electrons. The molecule has 0 saturated carbocycles. The molecule has 0 fully saturated rings.